The third kappa shape index (κ3) is 23.5. The average molecular weight is 428 g/mol. The van der Waals surface area contributed by atoms with Gasteiger partial charge in [-0.25, -0.2) is 9.36 Å². The predicted molar refractivity (Wildman–Crippen MR) is 60.8 cm³/mol. The van der Waals surface area contributed by atoms with Crippen LogP contribution in [0.4, 0.5) is 0 Å². The van der Waals surface area contributed by atoms with Crippen molar-refractivity contribution in [2.45, 2.75) is 18.4 Å². The number of phosphoric ester groups is 1. The molecule has 18 heteroatoms. The van der Waals surface area contributed by atoms with Crippen LogP contribution in [0.2, 0.25) is 0 Å². The van der Waals surface area contributed by atoms with Gasteiger partial charge in [-0.15, -0.1) is 0 Å². The van der Waals surface area contributed by atoms with Crippen LogP contribution in [0.25, 0.3) is 0 Å². The van der Waals surface area contributed by atoms with Crippen LogP contribution in [-0.4, -0.2) is 59.6 Å². The molecule has 0 saturated heterocycles. The van der Waals surface area contributed by atoms with E-state index in [2.05, 4.69) is 4.52 Å². The third-order valence-corrected chi connectivity index (χ3v) is 2.14. The van der Waals surface area contributed by atoms with Crippen molar-refractivity contribution in [2.24, 2.45) is 0 Å². The monoisotopic (exact) mass is 428 g/mol. The largest absolute Gasteiger partial charge is 1.00 e. The second kappa shape index (κ2) is 22.7. The Bertz CT molecular complexity index is 403. The molecular weight excluding hydrogens is 410 g/mol. The summed E-state index contributed by atoms with van der Waals surface area (Å²) in [5.74, 6) is -5.64. The smallest absolute Gasteiger partial charge is 1.00 e. The van der Waals surface area contributed by atoms with Gasteiger partial charge in [-0.2, -0.15) is 0 Å². The minimum atomic E-state index is -5.36. The van der Waals surface area contributed by atoms with E-state index >= 15 is 0 Å². The summed E-state index contributed by atoms with van der Waals surface area (Å²) in [4.78, 5) is 48.5. The molecule has 0 spiro atoms. The van der Waals surface area contributed by atoms with Crippen LogP contribution >= 0.6 is 7.82 Å². The fraction of sp³-hybridized carbons (Fsp3) is 0.500. The van der Waals surface area contributed by atoms with E-state index in [9.17, 15) is 18.9 Å². The summed E-state index contributed by atoms with van der Waals surface area (Å²) in [5, 5.41) is 25.5. The molecule has 0 fully saturated rings. The molecule has 0 atom stereocenters. The molecule has 0 aromatic rings. The Labute approximate surface area is 254 Å². The summed E-state index contributed by atoms with van der Waals surface area (Å²) in [6, 6.07) is 0. The van der Waals surface area contributed by atoms with Crippen LogP contribution in [0.15, 0.2) is 0 Å². The Morgan fingerprint density at radius 1 is 0.833 bits per heavy atom. The van der Waals surface area contributed by atoms with Gasteiger partial charge in [-0.05, 0) is 0 Å². The molecule has 0 aromatic heterocycles. The average Bonchev–Trinajstić information content (AvgIpc) is 1.96. The molecule has 0 aliphatic carbocycles. The van der Waals surface area contributed by atoms with Crippen molar-refractivity contribution in [1.29, 1.82) is 0 Å². The minimum absolute atomic E-state index is 0. The molecular formula is C6H18Na5O12P. The standard InChI is InChI=1S/C6H9O10P.5Na.2H2O.5H/c7-3(8)1-6(5(11)12,2-4(9)10)16-17(13,14)15;;;;;;;;;;;;/h1-2H2,(H,7,8)(H,9,10)(H,11,12)(H2,13,14,15);;;;;;2*1H2;;;;;/q;5*+1;;;5*-1. The molecule has 124 valence electrons. The van der Waals surface area contributed by atoms with E-state index in [-0.39, 0.29) is 166 Å². The summed E-state index contributed by atoms with van der Waals surface area (Å²) in [7, 11) is -5.36. The molecule has 0 aromatic carbocycles. The Morgan fingerprint density at radius 3 is 1.21 bits per heavy atom. The van der Waals surface area contributed by atoms with Crippen molar-refractivity contribution in [2.75, 3.05) is 0 Å². The van der Waals surface area contributed by atoms with Crippen molar-refractivity contribution in [1.82, 2.24) is 0 Å². The summed E-state index contributed by atoms with van der Waals surface area (Å²) >= 11 is 0. The molecule has 0 aliphatic rings. The minimum Gasteiger partial charge on any atom is -1.00 e. The molecule has 0 bridgehead atoms. The van der Waals surface area contributed by atoms with Gasteiger partial charge in [0, 0.05) is 0 Å². The van der Waals surface area contributed by atoms with Gasteiger partial charge in [-0.3, -0.25) is 14.1 Å². The van der Waals surface area contributed by atoms with Crippen LogP contribution in [0.3, 0.4) is 0 Å². The number of phosphoric acid groups is 1. The zero-order chi connectivity index (χ0) is 13.9. The van der Waals surface area contributed by atoms with Gasteiger partial charge in [0.25, 0.3) is 0 Å². The van der Waals surface area contributed by atoms with Crippen molar-refractivity contribution in [3.8, 4) is 0 Å². The maximum absolute atomic E-state index is 10.8. The molecule has 0 saturated carbocycles. The number of rotatable bonds is 7. The van der Waals surface area contributed by atoms with Gasteiger partial charge in [0.2, 0.25) is 0 Å². The number of hydrogen-bond acceptors (Lipinski definition) is 5. The molecule has 0 aliphatic heterocycles. The molecule has 9 N–H and O–H groups in total. The molecule has 12 nitrogen and oxygen atoms in total. The van der Waals surface area contributed by atoms with E-state index in [0.717, 1.165) is 0 Å². The Kier molecular flexibility index (Phi) is 48.1. The van der Waals surface area contributed by atoms with Crippen LogP contribution in [-0.2, 0) is 23.5 Å². The van der Waals surface area contributed by atoms with Crippen LogP contribution in [0.5, 0.6) is 0 Å². The van der Waals surface area contributed by atoms with Gasteiger partial charge in [0.15, 0.2) is 5.60 Å². The van der Waals surface area contributed by atoms with Crippen LogP contribution < -0.4 is 148 Å². The van der Waals surface area contributed by atoms with E-state index < -0.39 is 44.2 Å². The first-order chi connectivity index (χ1) is 7.48. The summed E-state index contributed by atoms with van der Waals surface area (Å²) in [5.41, 5.74) is -3.02. The quantitative estimate of drug-likeness (QED) is 0.189. The normalized spacial score (nSPS) is 8.58. The summed E-state index contributed by atoms with van der Waals surface area (Å²) in [6.07, 6.45) is -2.81. The van der Waals surface area contributed by atoms with E-state index in [1.165, 1.54) is 0 Å². The maximum Gasteiger partial charge on any atom is 1.00 e. The zero-order valence-electron chi connectivity index (χ0n) is 19.1. The van der Waals surface area contributed by atoms with Gasteiger partial charge >= 0.3 is 174 Å². The second-order valence-electron chi connectivity index (χ2n) is 3.02. The first-order valence-electron chi connectivity index (χ1n) is 3.92. The molecule has 0 rings (SSSR count). The second-order valence-corrected chi connectivity index (χ2v) is 4.19. The first kappa shape index (κ1) is 50.8. The summed E-state index contributed by atoms with van der Waals surface area (Å²) < 4.78 is 14.4. The van der Waals surface area contributed by atoms with Crippen LogP contribution in [0, 0.1) is 0 Å². The van der Waals surface area contributed by atoms with Gasteiger partial charge in [0.05, 0.1) is 12.8 Å². The van der Waals surface area contributed by atoms with Crippen molar-refractivity contribution in [3.63, 3.8) is 0 Å². The Morgan fingerprint density at radius 2 is 1.08 bits per heavy atom. The molecule has 0 heterocycles. The van der Waals surface area contributed by atoms with Gasteiger partial charge in [0.1, 0.15) is 0 Å². The number of carbonyl (C=O) groups is 3. The summed E-state index contributed by atoms with van der Waals surface area (Å²) in [6.45, 7) is 0. The van der Waals surface area contributed by atoms with Crippen molar-refractivity contribution >= 4 is 25.7 Å². The number of hydrogen-bond donors (Lipinski definition) is 5. The van der Waals surface area contributed by atoms with E-state index in [4.69, 9.17) is 25.1 Å². The first-order valence-corrected chi connectivity index (χ1v) is 5.45. The fourth-order valence-corrected chi connectivity index (χ4v) is 1.70. The van der Waals surface area contributed by atoms with Crippen LogP contribution in [0.1, 0.15) is 20.0 Å². The SMILES string of the molecule is O.O.O=C(O)CC(CC(=O)O)(OP(=O)(O)O)C(=O)O.[H-].[H-].[H-].[H-].[H-].[Na+].[Na+].[Na+].[Na+].[Na+]. The van der Waals surface area contributed by atoms with E-state index in [1.54, 1.807) is 0 Å². The van der Waals surface area contributed by atoms with Crippen molar-refractivity contribution < 1.29 is 214 Å². The topological polar surface area (TPSA) is 242 Å². The van der Waals surface area contributed by atoms with Gasteiger partial charge in [-0.1, -0.05) is 0 Å². The Balaban J connectivity index is -0.0000000194. The zero-order valence-corrected chi connectivity index (χ0v) is 25.0. The van der Waals surface area contributed by atoms with Crippen molar-refractivity contribution in [3.05, 3.63) is 0 Å². The van der Waals surface area contributed by atoms with E-state index in [0.29, 0.717) is 0 Å². The third-order valence-electron chi connectivity index (χ3n) is 1.56. The number of carboxylic acid groups (broad SMARTS) is 3. The fourth-order valence-electron chi connectivity index (χ4n) is 1.03. The molecule has 24 heavy (non-hydrogen) atoms. The molecule has 0 amide bonds. The van der Waals surface area contributed by atoms with Gasteiger partial charge < -0.3 is 43.2 Å². The molecule has 0 radical (unpaired) electrons. The maximum atomic E-state index is 10.8. The molecule has 0 unspecified atom stereocenters. The Hall–Kier alpha value is 3.44. The van der Waals surface area contributed by atoms with E-state index in [1.807, 2.05) is 0 Å². The number of carboxylic acids is 3. The number of aliphatic carboxylic acids is 3. The predicted octanol–water partition coefficient (Wildman–Crippen LogP) is -17.2.